The minimum absolute atomic E-state index is 0.0781. The number of fused-ring (bicyclic) bond motifs is 2. The third-order valence-electron chi connectivity index (χ3n) is 8.40. The number of carbonyl (C=O) groups excluding carboxylic acids is 2. The van der Waals surface area contributed by atoms with Gasteiger partial charge in [-0.15, -0.1) is 0 Å². The minimum Gasteiger partial charge on any atom is -0.343 e. The third-order valence-corrected chi connectivity index (χ3v) is 10.2. The van der Waals surface area contributed by atoms with Crippen LogP contribution < -0.4 is 9.62 Å². The van der Waals surface area contributed by atoms with Crippen LogP contribution in [0.2, 0.25) is 0 Å². The van der Waals surface area contributed by atoms with Crippen LogP contribution >= 0.6 is 0 Å². The van der Waals surface area contributed by atoms with Crippen LogP contribution in [0.5, 0.6) is 0 Å². The fourth-order valence-electron chi connectivity index (χ4n) is 6.47. The number of likely N-dealkylation sites (tertiary alicyclic amines) is 1. The van der Waals surface area contributed by atoms with Crippen molar-refractivity contribution in [2.75, 3.05) is 22.7 Å². The molecule has 1 saturated heterocycles. The summed E-state index contributed by atoms with van der Waals surface area (Å²) in [5.74, 6) is -1.60. The average molecular weight is 618 g/mol. The normalized spacial score (nSPS) is 18.2. The summed E-state index contributed by atoms with van der Waals surface area (Å²) >= 11 is 0. The molecule has 7 nitrogen and oxygen atoms in total. The topological polar surface area (TPSA) is 86.8 Å². The van der Waals surface area contributed by atoms with Gasteiger partial charge < -0.3 is 10.2 Å². The van der Waals surface area contributed by atoms with Crippen LogP contribution in [-0.4, -0.2) is 44.3 Å². The molecule has 2 aliphatic rings. The maximum absolute atomic E-state index is 14.2. The molecule has 1 atom stereocenters. The number of anilines is 2. The highest BCUT2D eigenvalue weighted by Gasteiger charge is 2.56. The number of nitrogens with zero attached hydrogens (tertiary/aromatic N) is 2. The molecule has 0 bridgehead atoms. The Morgan fingerprint density at radius 2 is 1.63 bits per heavy atom. The van der Waals surface area contributed by atoms with Gasteiger partial charge in [0.2, 0.25) is 5.91 Å². The SMILES string of the molecule is CC(=O)N1CCC2(CC1)c1cc(NC(=O)c3cccc(C(F)(F)F)c3)ccc1N(S(=O)(=O)c1ccc(F)cc1)C2C(C)C. The minimum atomic E-state index is -4.61. The predicted octanol–water partition coefficient (Wildman–Crippen LogP) is 6.21. The number of piperidine rings is 1. The molecule has 228 valence electrons. The summed E-state index contributed by atoms with van der Waals surface area (Å²) in [6, 6.07) is 12.9. The lowest BCUT2D eigenvalue weighted by Crippen LogP contribution is -2.55. The Labute approximate surface area is 247 Å². The van der Waals surface area contributed by atoms with E-state index in [1.54, 1.807) is 17.0 Å². The van der Waals surface area contributed by atoms with Crippen molar-refractivity contribution in [3.05, 3.63) is 89.2 Å². The Morgan fingerprint density at radius 3 is 2.21 bits per heavy atom. The molecule has 43 heavy (non-hydrogen) atoms. The van der Waals surface area contributed by atoms with E-state index in [0.29, 0.717) is 37.2 Å². The molecule has 1 spiro atoms. The second-order valence-corrected chi connectivity index (χ2v) is 13.2. The number of alkyl halides is 3. The van der Waals surface area contributed by atoms with Crippen molar-refractivity contribution in [1.82, 2.24) is 4.90 Å². The summed E-state index contributed by atoms with van der Waals surface area (Å²) in [4.78, 5) is 26.8. The van der Waals surface area contributed by atoms with Gasteiger partial charge in [0, 0.05) is 36.7 Å². The first kappa shape index (κ1) is 30.5. The van der Waals surface area contributed by atoms with E-state index in [2.05, 4.69) is 5.32 Å². The zero-order chi connectivity index (χ0) is 31.3. The summed E-state index contributed by atoms with van der Waals surface area (Å²) in [7, 11) is -4.17. The van der Waals surface area contributed by atoms with Gasteiger partial charge in [0.05, 0.1) is 22.2 Å². The lowest BCUT2D eigenvalue weighted by atomic mass is 9.66. The van der Waals surface area contributed by atoms with Crippen LogP contribution in [-0.2, 0) is 26.4 Å². The standard InChI is InChI=1S/C31H31F4N3O4S/c1-19(2)28-30(13-15-37(16-14-30)20(3)39)26-18-24(36-29(40)21-5-4-6-22(17-21)31(33,34)35)9-12-27(26)38(28)43(41,42)25-10-7-23(32)8-11-25/h4-12,17-19,28H,13-16H2,1-3H3,(H,36,40). The van der Waals surface area contributed by atoms with Gasteiger partial charge in [-0.1, -0.05) is 19.9 Å². The highest BCUT2D eigenvalue weighted by molar-refractivity contribution is 7.92. The Morgan fingerprint density at radius 1 is 0.977 bits per heavy atom. The van der Waals surface area contributed by atoms with E-state index in [1.807, 2.05) is 13.8 Å². The second-order valence-electron chi connectivity index (χ2n) is 11.4. The molecule has 0 aromatic heterocycles. The molecule has 0 aliphatic carbocycles. The van der Waals surface area contributed by atoms with Crippen LogP contribution in [0.15, 0.2) is 71.6 Å². The lowest BCUT2D eigenvalue weighted by Gasteiger charge is -2.46. The Bertz CT molecular complexity index is 1660. The molecular formula is C31H31F4N3O4S. The van der Waals surface area contributed by atoms with Crippen LogP contribution in [0.3, 0.4) is 0 Å². The van der Waals surface area contributed by atoms with Crippen molar-refractivity contribution in [1.29, 1.82) is 0 Å². The summed E-state index contributed by atoms with van der Waals surface area (Å²) in [6.07, 6.45) is -3.72. The summed E-state index contributed by atoms with van der Waals surface area (Å²) < 4.78 is 83.1. The van der Waals surface area contributed by atoms with Crippen molar-refractivity contribution in [2.24, 2.45) is 5.92 Å². The molecule has 2 amide bonds. The number of hydrogen-bond donors (Lipinski definition) is 1. The van der Waals surface area contributed by atoms with E-state index in [-0.39, 0.29) is 28.0 Å². The summed E-state index contributed by atoms with van der Waals surface area (Å²) in [6.45, 7) is 6.10. The Kier molecular flexibility index (Phi) is 7.78. The molecule has 1 unspecified atom stereocenters. The monoisotopic (exact) mass is 617 g/mol. The molecule has 3 aromatic rings. The smallest absolute Gasteiger partial charge is 0.343 e. The summed E-state index contributed by atoms with van der Waals surface area (Å²) in [5, 5.41) is 2.67. The van der Waals surface area contributed by atoms with Crippen molar-refractivity contribution in [3.8, 4) is 0 Å². The number of sulfonamides is 1. The number of rotatable bonds is 5. The molecular weight excluding hydrogens is 586 g/mol. The van der Waals surface area contributed by atoms with E-state index in [4.69, 9.17) is 0 Å². The van der Waals surface area contributed by atoms with Crippen molar-refractivity contribution < 1.29 is 35.6 Å². The molecule has 0 saturated carbocycles. The van der Waals surface area contributed by atoms with Gasteiger partial charge in [0.25, 0.3) is 15.9 Å². The van der Waals surface area contributed by atoms with Crippen LogP contribution in [0.4, 0.5) is 28.9 Å². The number of benzene rings is 3. The number of nitrogens with one attached hydrogen (secondary N) is 1. The predicted molar refractivity (Wildman–Crippen MR) is 154 cm³/mol. The average Bonchev–Trinajstić information content (AvgIpc) is 3.23. The van der Waals surface area contributed by atoms with Crippen molar-refractivity contribution in [2.45, 2.75) is 56.1 Å². The number of amides is 2. The first-order valence-electron chi connectivity index (χ1n) is 13.8. The number of halogens is 4. The second kappa shape index (κ2) is 11.0. The zero-order valence-electron chi connectivity index (χ0n) is 23.8. The maximum Gasteiger partial charge on any atom is 0.416 e. The highest BCUT2D eigenvalue weighted by Crippen LogP contribution is 2.55. The van der Waals surface area contributed by atoms with Gasteiger partial charge in [0.1, 0.15) is 5.82 Å². The summed E-state index contributed by atoms with van der Waals surface area (Å²) in [5.41, 5.74) is -0.525. The Hall–Kier alpha value is -3.93. The molecule has 2 heterocycles. The Balaban J connectivity index is 1.60. The van der Waals surface area contributed by atoms with Gasteiger partial charge in [0.15, 0.2) is 0 Å². The molecule has 1 fully saturated rings. The van der Waals surface area contributed by atoms with Gasteiger partial charge >= 0.3 is 6.18 Å². The number of hydrogen-bond acceptors (Lipinski definition) is 4. The van der Waals surface area contributed by atoms with E-state index in [0.717, 1.165) is 30.3 Å². The fraction of sp³-hybridized carbons (Fsp3) is 0.355. The largest absolute Gasteiger partial charge is 0.416 e. The first-order chi connectivity index (χ1) is 20.1. The van der Waals surface area contributed by atoms with Gasteiger partial charge in [-0.05, 0) is 85.0 Å². The third kappa shape index (κ3) is 5.48. The van der Waals surface area contributed by atoms with E-state index < -0.39 is 44.9 Å². The van der Waals surface area contributed by atoms with Gasteiger partial charge in [-0.2, -0.15) is 13.2 Å². The van der Waals surface area contributed by atoms with Gasteiger partial charge in [-0.3, -0.25) is 13.9 Å². The van der Waals surface area contributed by atoms with Crippen LogP contribution in [0, 0.1) is 11.7 Å². The molecule has 0 radical (unpaired) electrons. The van der Waals surface area contributed by atoms with Crippen molar-refractivity contribution >= 4 is 33.2 Å². The fourth-order valence-corrected chi connectivity index (χ4v) is 8.34. The van der Waals surface area contributed by atoms with Crippen LogP contribution in [0.1, 0.15) is 55.1 Å². The van der Waals surface area contributed by atoms with Gasteiger partial charge in [-0.25, -0.2) is 12.8 Å². The molecule has 12 heteroatoms. The molecule has 5 rings (SSSR count). The van der Waals surface area contributed by atoms with E-state index in [1.165, 1.54) is 35.5 Å². The molecule has 3 aromatic carbocycles. The maximum atomic E-state index is 14.2. The van der Waals surface area contributed by atoms with Crippen molar-refractivity contribution in [3.63, 3.8) is 0 Å². The first-order valence-corrected chi connectivity index (χ1v) is 15.3. The molecule has 1 N–H and O–H groups in total. The zero-order valence-corrected chi connectivity index (χ0v) is 24.6. The van der Waals surface area contributed by atoms with E-state index in [9.17, 15) is 35.6 Å². The molecule has 2 aliphatic heterocycles. The van der Waals surface area contributed by atoms with E-state index >= 15 is 0 Å². The quantitative estimate of drug-likeness (QED) is 0.345. The lowest BCUT2D eigenvalue weighted by molar-refractivity contribution is -0.137. The number of carbonyl (C=O) groups is 2. The highest BCUT2D eigenvalue weighted by atomic mass is 32.2. The van der Waals surface area contributed by atoms with Crippen LogP contribution in [0.25, 0.3) is 0 Å².